The van der Waals surface area contributed by atoms with Crippen LogP contribution in [-0.2, 0) is 0 Å². The number of aryl methyl sites for hydroxylation is 1. The van der Waals surface area contributed by atoms with Crippen LogP contribution in [0.15, 0.2) is 53.0 Å². The van der Waals surface area contributed by atoms with Gasteiger partial charge in [-0.3, -0.25) is 0 Å². The van der Waals surface area contributed by atoms with Gasteiger partial charge < -0.3 is 9.84 Å². The van der Waals surface area contributed by atoms with E-state index in [2.05, 4.69) is 15.9 Å². The van der Waals surface area contributed by atoms with Crippen LogP contribution in [0.25, 0.3) is 0 Å². The van der Waals surface area contributed by atoms with Crippen LogP contribution in [0.3, 0.4) is 0 Å². The van der Waals surface area contributed by atoms with E-state index in [4.69, 9.17) is 4.74 Å². The Labute approximate surface area is 115 Å². The molecular weight excluding hydrogens is 292 g/mol. The molecule has 0 bridgehead atoms. The molecule has 0 aliphatic heterocycles. The zero-order valence-electron chi connectivity index (χ0n) is 10.1. The van der Waals surface area contributed by atoms with Gasteiger partial charge in [-0.05, 0) is 30.7 Å². The summed E-state index contributed by atoms with van der Waals surface area (Å²) in [5.74, 6) is 0.746. The summed E-state index contributed by atoms with van der Waals surface area (Å²) in [5, 5.41) is 10.0. The zero-order chi connectivity index (χ0) is 13.0. The second-order valence-corrected chi connectivity index (χ2v) is 5.11. The number of aliphatic hydroxyl groups excluding tert-OH is 1. The standard InChI is InChI=1S/C15H15BrO2/c1-11-5-7-12(8-6-11)15(17)10-18-14-4-2-3-13(16)9-14/h2-9,15,17H,10H2,1H3. The quantitative estimate of drug-likeness (QED) is 0.929. The monoisotopic (exact) mass is 306 g/mol. The van der Waals surface area contributed by atoms with Crippen molar-refractivity contribution < 1.29 is 9.84 Å². The third-order valence-electron chi connectivity index (χ3n) is 2.67. The molecule has 0 aliphatic rings. The van der Waals surface area contributed by atoms with Gasteiger partial charge in [0.15, 0.2) is 0 Å². The average Bonchev–Trinajstić information content (AvgIpc) is 2.37. The number of aliphatic hydroxyl groups is 1. The second kappa shape index (κ2) is 6.03. The van der Waals surface area contributed by atoms with Gasteiger partial charge in [0.1, 0.15) is 18.5 Å². The molecule has 94 valence electrons. The maximum absolute atomic E-state index is 10.0. The molecule has 0 saturated carbocycles. The Morgan fingerprint density at radius 3 is 2.56 bits per heavy atom. The molecule has 0 spiro atoms. The lowest BCUT2D eigenvalue weighted by atomic mass is 10.1. The highest BCUT2D eigenvalue weighted by molar-refractivity contribution is 9.10. The van der Waals surface area contributed by atoms with E-state index in [-0.39, 0.29) is 6.61 Å². The number of rotatable bonds is 4. The van der Waals surface area contributed by atoms with E-state index in [9.17, 15) is 5.11 Å². The van der Waals surface area contributed by atoms with Crippen LogP contribution < -0.4 is 4.74 Å². The third kappa shape index (κ3) is 3.59. The minimum atomic E-state index is -0.607. The van der Waals surface area contributed by atoms with Crippen molar-refractivity contribution in [2.24, 2.45) is 0 Å². The summed E-state index contributed by atoms with van der Waals surface area (Å²) in [6, 6.07) is 15.4. The highest BCUT2D eigenvalue weighted by Crippen LogP contribution is 2.20. The van der Waals surface area contributed by atoms with Gasteiger partial charge in [0.05, 0.1) is 0 Å². The van der Waals surface area contributed by atoms with Crippen molar-refractivity contribution >= 4 is 15.9 Å². The smallest absolute Gasteiger partial charge is 0.120 e. The molecule has 0 radical (unpaired) electrons. The topological polar surface area (TPSA) is 29.5 Å². The highest BCUT2D eigenvalue weighted by Gasteiger charge is 2.08. The van der Waals surface area contributed by atoms with Gasteiger partial charge in [-0.25, -0.2) is 0 Å². The SMILES string of the molecule is Cc1ccc(C(O)COc2cccc(Br)c2)cc1. The predicted octanol–water partition coefficient (Wildman–Crippen LogP) is 3.87. The summed E-state index contributed by atoms with van der Waals surface area (Å²) in [7, 11) is 0. The van der Waals surface area contributed by atoms with Crippen molar-refractivity contribution in [1.82, 2.24) is 0 Å². The van der Waals surface area contributed by atoms with E-state index in [1.54, 1.807) is 0 Å². The molecule has 18 heavy (non-hydrogen) atoms. The molecule has 2 aromatic rings. The normalized spacial score (nSPS) is 12.2. The van der Waals surface area contributed by atoms with Gasteiger partial charge in [0.25, 0.3) is 0 Å². The van der Waals surface area contributed by atoms with Crippen LogP contribution in [-0.4, -0.2) is 11.7 Å². The van der Waals surface area contributed by atoms with Gasteiger partial charge in [-0.2, -0.15) is 0 Å². The molecule has 0 fully saturated rings. The van der Waals surface area contributed by atoms with E-state index in [1.807, 2.05) is 55.5 Å². The fourth-order valence-electron chi connectivity index (χ4n) is 1.62. The predicted molar refractivity (Wildman–Crippen MR) is 75.8 cm³/mol. The fourth-order valence-corrected chi connectivity index (χ4v) is 2.00. The molecule has 0 heterocycles. The Balaban J connectivity index is 1.96. The maximum atomic E-state index is 10.0. The molecule has 1 atom stereocenters. The van der Waals surface area contributed by atoms with E-state index < -0.39 is 6.10 Å². The molecule has 0 aliphatic carbocycles. The van der Waals surface area contributed by atoms with Gasteiger partial charge in [-0.15, -0.1) is 0 Å². The van der Waals surface area contributed by atoms with Crippen molar-refractivity contribution in [2.45, 2.75) is 13.0 Å². The van der Waals surface area contributed by atoms with Crippen LogP contribution in [0.5, 0.6) is 5.75 Å². The number of hydrogen-bond acceptors (Lipinski definition) is 2. The first-order chi connectivity index (χ1) is 8.65. The van der Waals surface area contributed by atoms with E-state index >= 15 is 0 Å². The van der Waals surface area contributed by atoms with Gasteiger partial charge in [0, 0.05) is 4.47 Å². The first-order valence-corrected chi connectivity index (χ1v) is 6.57. The molecule has 2 nitrogen and oxygen atoms in total. The van der Waals surface area contributed by atoms with Gasteiger partial charge in [0.2, 0.25) is 0 Å². The lowest BCUT2D eigenvalue weighted by molar-refractivity contribution is 0.108. The molecule has 0 amide bonds. The molecule has 2 aromatic carbocycles. The highest BCUT2D eigenvalue weighted by atomic mass is 79.9. The maximum Gasteiger partial charge on any atom is 0.120 e. The summed E-state index contributed by atoms with van der Waals surface area (Å²) in [5.41, 5.74) is 2.05. The lowest BCUT2D eigenvalue weighted by Gasteiger charge is -2.13. The Morgan fingerprint density at radius 1 is 1.17 bits per heavy atom. The molecule has 3 heteroatoms. The summed E-state index contributed by atoms with van der Waals surface area (Å²) in [6.07, 6.45) is -0.607. The lowest BCUT2D eigenvalue weighted by Crippen LogP contribution is -2.09. The van der Waals surface area contributed by atoms with Crippen LogP contribution >= 0.6 is 15.9 Å². The minimum Gasteiger partial charge on any atom is -0.490 e. The first-order valence-electron chi connectivity index (χ1n) is 5.78. The Morgan fingerprint density at radius 2 is 1.89 bits per heavy atom. The number of halogens is 1. The molecule has 0 aromatic heterocycles. The van der Waals surface area contributed by atoms with Crippen molar-refractivity contribution in [2.75, 3.05) is 6.61 Å². The van der Waals surface area contributed by atoms with E-state index in [0.29, 0.717) is 0 Å². The summed E-state index contributed by atoms with van der Waals surface area (Å²) in [6.45, 7) is 2.27. The third-order valence-corrected chi connectivity index (χ3v) is 3.16. The summed E-state index contributed by atoms with van der Waals surface area (Å²) < 4.78 is 6.52. The fraction of sp³-hybridized carbons (Fsp3) is 0.200. The van der Waals surface area contributed by atoms with Crippen LogP contribution in [0, 0.1) is 6.92 Å². The average molecular weight is 307 g/mol. The molecule has 1 N–H and O–H groups in total. The molecule has 2 rings (SSSR count). The van der Waals surface area contributed by atoms with Crippen LogP contribution in [0.1, 0.15) is 17.2 Å². The zero-order valence-corrected chi connectivity index (χ0v) is 11.7. The van der Waals surface area contributed by atoms with E-state index in [1.165, 1.54) is 5.56 Å². The minimum absolute atomic E-state index is 0.250. The molecule has 1 unspecified atom stereocenters. The first kappa shape index (κ1) is 13.1. The Kier molecular flexibility index (Phi) is 4.39. The van der Waals surface area contributed by atoms with Crippen molar-refractivity contribution in [3.63, 3.8) is 0 Å². The molecule has 0 saturated heterocycles. The van der Waals surface area contributed by atoms with Crippen molar-refractivity contribution in [3.8, 4) is 5.75 Å². The number of hydrogen-bond donors (Lipinski definition) is 1. The van der Waals surface area contributed by atoms with Crippen molar-refractivity contribution in [1.29, 1.82) is 0 Å². The van der Waals surface area contributed by atoms with Gasteiger partial charge in [-0.1, -0.05) is 51.8 Å². The summed E-state index contributed by atoms with van der Waals surface area (Å²) >= 11 is 3.38. The largest absolute Gasteiger partial charge is 0.490 e. The summed E-state index contributed by atoms with van der Waals surface area (Å²) in [4.78, 5) is 0. The Hall–Kier alpha value is -1.32. The van der Waals surface area contributed by atoms with E-state index in [0.717, 1.165) is 15.8 Å². The number of ether oxygens (including phenoxy) is 1. The number of benzene rings is 2. The van der Waals surface area contributed by atoms with Crippen LogP contribution in [0.4, 0.5) is 0 Å². The van der Waals surface area contributed by atoms with Crippen LogP contribution in [0.2, 0.25) is 0 Å². The Bertz CT molecular complexity index is 508. The molecular formula is C15H15BrO2. The van der Waals surface area contributed by atoms with Crippen molar-refractivity contribution in [3.05, 3.63) is 64.1 Å². The second-order valence-electron chi connectivity index (χ2n) is 4.19. The van der Waals surface area contributed by atoms with Gasteiger partial charge >= 0.3 is 0 Å².